The lowest BCUT2D eigenvalue weighted by Crippen LogP contribution is -2.40. The highest BCUT2D eigenvalue weighted by atomic mass is 35.5. The van der Waals surface area contributed by atoms with E-state index in [0.717, 1.165) is 11.3 Å². The molecule has 2 aromatic carbocycles. The topological polar surface area (TPSA) is 120 Å². The van der Waals surface area contributed by atoms with Crippen molar-refractivity contribution in [2.24, 2.45) is 4.99 Å². The van der Waals surface area contributed by atoms with Crippen LogP contribution in [0.3, 0.4) is 0 Å². The van der Waals surface area contributed by atoms with E-state index in [2.05, 4.69) is 4.99 Å². The smallest absolute Gasteiger partial charge is 0.338 e. The van der Waals surface area contributed by atoms with Crippen LogP contribution in [0, 0.1) is 0 Å². The minimum Gasteiger partial charge on any atom is -0.496 e. The molecule has 5 rings (SSSR count). The van der Waals surface area contributed by atoms with Crippen molar-refractivity contribution in [2.45, 2.75) is 19.9 Å². The minimum atomic E-state index is -1.15. The molecule has 1 aliphatic rings. The summed E-state index contributed by atoms with van der Waals surface area (Å²) >= 11 is 7.15. The van der Waals surface area contributed by atoms with Gasteiger partial charge in [-0.3, -0.25) is 9.36 Å². The Morgan fingerprint density at radius 3 is 2.70 bits per heavy atom. The number of hydrogen-bond acceptors (Lipinski definition) is 8. The third-order valence-corrected chi connectivity index (χ3v) is 7.64. The molecule has 40 heavy (non-hydrogen) atoms. The first-order valence-corrected chi connectivity index (χ1v) is 13.4. The number of carbonyl (C=O) groups is 2. The molecule has 0 fully saturated rings. The van der Waals surface area contributed by atoms with E-state index < -0.39 is 18.0 Å². The van der Waals surface area contributed by atoms with Crippen molar-refractivity contribution in [3.63, 3.8) is 0 Å². The van der Waals surface area contributed by atoms with Gasteiger partial charge in [0.2, 0.25) is 0 Å². The lowest BCUT2D eigenvalue weighted by atomic mass is 9.95. The number of rotatable bonds is 7. The van der Waals surface area contributed by atoms with Crippen molar-refractivity contribution in [1.29, 1.82) is 0 Å². The number of esters is 1. The fourth-order valence-corrected chi connectivity index (χ4v) is 5.76. The molecule has 1 N–H and O–H groups in total. The van der Waals surface area contributed by atoms with Gasteiger partial charge in [-0.1, -0.05) is 41.1 Å². The SMILES string of the molecule is CCOC(=O)C1=C(C)N=c2sc(=Cc3ccc(-c4ccc(Cl)c(C(=O)O)c4)o3)c(=O)n2C1c1ccccc1OC. The van der Waals surface area contributed by atoms with E-state index >= 15 is 0 Å². The van der Waals surface area contributed by atoms with Crippen LogP contribution in [-0.4, -0.2) is 35.3 Å². The van der Waals surface area contributed by atoms with Gasteiger partial charge >= 0.3 is 11.9 Å². The van der Waals surface area contributed by atoms with Gasteiger partial charge in [0.15, 0.2) is 4.80 Å². The van der Waals surface area contributed by atoms with Crippen LogP contribution in [0.2, 0.25) is 5.02 Å². The Balaban J connectivity index is 1.64. The van der Waals surface area contributed by atoms with Crippen LogP contribution in [0.25, 0.3) is 17.4 Å². The van der Waals surface area contributed by atoms with Crippen LogP contribution >= 0.6 is 22.9 Å². The first-order chi connectivity index (χ1) is 19.2. The summed E-state index contributed by atoms with van der Waals surface area (Å²) < 4.78 is 18.6. The predicted octanol–water partition coefficient (Wildman–Crippen LogP) is 4.42. The Morgan fingerprint density at radius 2 is 1.98 bits per heavy atom. The number of methoxy groups -OCH3 is 1. The average Bonchev–Trinajstić information content (AvgIpc) is 3.52. The number of benzene rings is 2. The van der Waals surface area contributed by atoms with Crippen LogP contribution in [0.1, 0.15) is 41.6 Å². The summed E-state index contributed by atoms with van der Waals surface area (Å²) in [5, 5.41) is 9.50. The molecule has 3 heterocycles. The highest BCUT2D eigenvalue weighted by molar-refractivity contribution is 7.07. The third kappa shape index (κ3) is 4.87. The van der Waals surface area contributed by atoms with E-state index in [0.29, 0.717) is 43.4 Å². The number of carboxylic acids is 1. The van der Waals surface area contributed by atoms with Gasteiger partial charge in [-0.15, -0.1) is 0 Å². The molecule has 0 radical (unpaired) electrons. The van der Waals surface area contributed by atoms with Gasteiger partial charge < -0.3 is 19.0 Å². The van der Waals surface area contributed by atoms with Gasteiger partial charge in [-0.2, -0.15) is 0 Å². The lowest BCUT2D eigenvalue weighted by Gasteiger charge is -2.25. The first kappa shape index (κ1) is 27.2. The molecule has 9 nitrogen and oxygen atoms in total. The summed E-state index contributed by atoms with van der Waals surface area (Å²) in [5.41, 5.74) is 1.42. The quantitative estimate of drug-likeness (QED) is 0.322. The van der Waals surface area contributed by atoms with Crippen molar-refractivity contribution in [1.82, 2.24) is 4.57 Å². The largest absolute Gasteiger partial charge is 0.496 e. The van der Waals surface area contributed by atoms with Crippen molar-refractivity contribution in [2.75, 3.05) is 13.7 Å². The average molecular weight is 579 g/mol. The monoisotopic (exact) mass is 578 g/mol. The fraction of sp³-hybridized carbons (Fsp3) is 0.172. The summed E-state index contributed by atoms with van der Waals surface area (Å²) in [6.45, 7) is 3.59. The van der Waals surface area contributed by atoms with E-state index in [4.69, 9.17) is 25.5 Å². The summed E-state index contributed by atoms with van der Waals surface area (Å²) in [4.78, 5) is 43.3. The summed E-state index contributed by atoms with van der Waals surface area (Å²) in [5.74, 6) is -0.416. The molecule has 0 spiro atoms. The van der Waals surface area contributed by atoms with Crippen molar-refractivity contribution < 1.29 is 28.6 Å². The molecule has 204 valence electrons. The fourth-order valence-electron chi connectivity index (χ4n) is 4.54. The molecular formula is C29H23ClN2O7S. The zero-order valence-electron chi connectivity index (χ0n) is 21.6. The second-order valence-electron chi connectivity index (χ2n) is 8.75. The standard InChI is InChI=1S/C29H23ClN2O7S/c1-4-38-28(36)24-15(2)31-29-32(25(24)18-7-5-6-8-22(18)37-3)26(33)23(40-29)14-17-10-12-21(39-17)16-9-11-20(30)19(13-16)27(34)35/h5-14,25H,4H2,1-3H3,(H,34,35). The lowest BCUT2D eigenvalue weighted by molar-refractivity contribution is -0.139. The number of aromatic carboxylic acids is 1. The van der Waals surface area contributed by atoms with E-state index in [1.54, 1.807) is 56.3 Å². The predicted molar refractivity (Wildman–Crippen MR) is 150 cm³/mol. The van der Waals surface area contributed by atoms with Gasteiger partial charge in [-0.25, -0.2) is 14.6 Å². The summed E-state index contributed by atoms with van der Waals surface area (Å²) in [6, 6.07) is 14.3. The number of allylic oxidation sites excluding steroid dienone is 1. The number of hydrogen-bond donors (Lipinski definition) is 1. The van der Waals surface area contributed by atoms with Crippen molar-refractivity contribution in [3.05, 3.63) is 107 Å². The highest BCUT2D eigenvalue weighted by Crippen LogP contribution is 2.35. The number of aromatic nitrogens is 1. The Kier molecular flexibility index (Phi) is 7.46. The number of nitrogens with zero attached hydrogens (tertiary/aromatic N) is 2. The number of thiazole rings is 1. The van der Waals surface area contributed by atoms with Gasteiger partial charge in [0.05, 0.1) is 40.1 Å². The third-order valence-electron chi connectivity index (χ3n) is 6.33. The molecule has 0 saturated carbocycles. The number of fused-ring (bicyclic) bond motifs is 1. The zero-order chi connectivity index (χ0) is 28.6. The molecular weight excluding hydrogens is 556 g/mol. The molecule has 1 unspecified atom stereocenters. The van der Waals surface area contributed by atoms with Gasteiger partial charge in [0, 0.05) is 17.2 Å². The Bertz CT molecular complexity index is 1870. The maximum absolute atomic E-state index is 13.8. The molecule has 1 atom stereocenters. The minimum absolute atomic E-state index is 0.0467. The summed E-state index contributed by atoms with van der Waals surface area (Å²) in [6.07, 6.45) is 1.59. The van der Waals surface area contributed by atoms with Crippen LogP contribution in [0.4, 0.5) is 0 Å². The van der Waals surface area contributed by atoms with Crippen LogP contribution in [0.15, 0.2) is 80.1 Å². The maximum atomic E-state index is 13.8. The summed E-state index contributed by atoms with van der Waals surface area (Å²) in [7, 11) is 1.53. The van der Waals surface area contributed by atoms with E-state index in [9.17, 15) is 19.5 Å². The first-order valence-electron chi connectivity index (χ1n) is 12.2. The molecule has 1 aliphatic heterocycles. The number of para-hydroxylation sites is 1. The van der Waals surface area contributed by atoms with E-state index in [1.165, 1.54) is 23.8 Å². The molecule has 2 aromatic heterocycles. The molecule has 0 saturated heterocycles. The van der Waals surface area contributed by atoms with Crippen molar-refractivity contribution >= 4 is 41.0 Å². The van der Waals surface area contributed by atoms with Crippen LogP contribution in [-0.2, 0) is 9.53 Å². The molecule has 0 amide bonds. The second-order valence-corrected chi connectivity index (χ2v) is 10.2. The van der Waals surface area contributed by atoms with Crippen LogP contribution < -0.4 is 19.6 Å². The number of carbonyl (C=O) groups excluding carboxylic acids is 1. The molecule has 11 heteroatoms. The normalized spacial score (nSPS) is 15.0. The molecule has 4 aromatic rings. The second kappa shape index (κ2) is 11.0. The number of ether oxygens (including phenoxy) is 2. The number of carboxylic acid groups (broad SMARTS) is 1. The van der Waals surface area contributed by atoms with E-state index in [-0.39, 0.29) is 28.3 Å². The highest BCUT2D eigenvalue weighted by Gasteiger charge is 2.35. The van der Waals surface area contributed by atoms with Crippen LogP contribution in [0.5, 0.6) is 5.75 Å². The maximum Gasteiger partial charge on any atom is 0.338 e. The zero-order valence-corrected chi connectivity index (χ0v) is 23.2. The van der Waals surface area contributed by atoms with Gasteiger partial charge in [0.25, 0.3) is 5.56 Å². The Morgan fingerprint density at radius 1 is 1.20 bits per heavy atom. The van der Waals surface area contributed by atoms with Crippen molar-refractivity contribution in [3.8, 4) is 17.1 Å². The number of furan rings is 1. The molecule has 0 aliphatic carbocycles. The van der Waals surface area contributed by atoms with E-state index in [1.807, 2.05) is 6.07 Å². The molecule has 0 bridgehead atoms. The van der Waals surface area contributed by atoms with Gasteiger partial charge in [-0.05, 0) is 50.2 Å². The Hall–Kier alpha value is -4.41. The van der Waals surface area contributed by atoms with Gasteiger partial charge in [0.1, 0.15) is 23.3 Å². The Labute approximate surface area is 236 Å². The number of halogens is 1.